The molecule has 0 saturated heterocycles. The number of amides is 1. The van der Waals surface area contributed by atoms with E-state index in [1.54, 1.807) is 12.1 Å². The largest absolute Gasteiger partial charge is 0.507 e. The lowest BCUT2D eigenvalue weighted by molar-refractivity contribution is 0.0730. The zero-order valence-electron chi connectivity index (χ0n) is 17.5. The van der Waals surface area contributed by atoms with Crippen LogP contribution in [0.2, 0.25) is 5.02 Å². The van der Waals surface area contributed by atoms with Crippen LogP contribution in [0, 0.1) is 0 Å². The van der Waals surface area contributed by atoms with Gasteiger partial charge in [0.15, 0.2) is 0 Å². The van der Waals surface area contributed by atoms with Crippen molar-refractivity contribution in [3.63, 3.8) is 0 Å². The summed E-state index contributed by atoms with van der Waals surface area (Å²) in [7, 11) is 0. The van der Waals surface area contributed by atoms with Crippen molar-refractivity contribution >= 4 is 17.5 Å². The molecule has 5 nitrogen and oxygen atoms in total. The van der Waals surface area contributed by atoms with Crippen molar-refractivity contribution in [3.05, 3.63) is 106 Å². The zero-order valence-corrected chi connectivity index (χ0v) is 18.3. The van der Waals surface area contributed by atoms with Crippen molar-refractivity contribution < 1.29 is 9.90 Å². The number of H-pyrrole nitrogens is 1. The molecule has 1 aliphatic heterocycles. The molecule has 2 heterocycles. The van der Waals surface area contributed by atoms with Gasteiger partial charge in [-0.1, -0.05) is 67.1 Å². The van der Waals surface area contributed by atoms with Crippen LogP contribution in [0.4, 0.5) is 0 Å². The van der Waals surface area contributed by atoms with Crippen LogP contribution >= 0.6 is 11.6 Å². The SMILES string of the molecule is CCc1ccc(C2c3c(-c4ccccc4O)n[nH]c3C(=O)N2Cc2ccc(Cl)cc2)cc1. The molecule has 0 bridgehead atoms. The molecule has 32 heavy (non-hydrogen) atoms. The molecule has 1 amide bonds. The number of carbonyl (C=O) groups is 1. The van der Waals surface area contributed by atoms with Crippen molar-refractivity contribution in [1.82, 2.24) is 15.1 Å². The van der Waals surface area contributed by atoms with E-state index in [0.717, 1.165) is 23.1 Å². The predicted molar refractivity (Wildman–Crippen MR) is 125 cm³/mol. The van der Waals surface area contributed by atoms with Gasteiger partial charge in [0.2, 0.25) is 0 Å². The van der Waals surface area contributed by atoms with Crippen molar-refractivity contribution in [2.24, 2.45) is 0 Å². The normalized spacial score (nSPS) is 15.2. The third kappa shape index (κ3) is 3.45. The van der Waals surface area contributed by atoms with E-state index in [2.05, 4.69) is 41.4 Å². The van der Waals surface area contributed by atoms with E-state index in [0.29, 0.717) is 28.5 Å². The van der Waals surface area contributed by atoms with E-state index in [1.165, 1.54) is 5.56 Å². The number of aromatic amines is 1. The molecule has 1 atom stereocenters. The molecular formula is C26H22ClN3O2. The summed E-state index contributed by atoms with van der Waals surface area (Å²) in [5.74, 6) is 0.0131. The second kappa shape index (κ2) is 8.17. The second-order valence-corrected chi connectivity index (χ2v) is 8.37. The maximum absolute atomic E-state index is 13.5. The summed E-state index contributed by atoms with van der Waals surface area (Å²) in [5.41, 5.74) is 5.66. The van der Waals surface area contributed by atoms with E-state index in [9.17, 15) is 9.90 Å². The summed E-state index contributed by atoms with van der Waals surface area (Å²) in [6.07, 6.45) is 0.943. The molecule has 160 valence electrons. The number of para-hydroxylation sites is 1. The number of halogens is 1. The number of nitrogens with zero attached hydrogens (tertiary/aromatic N) is 2. The van der Waals surface area contributed by atoms with Crippen molar-refractivity contribution in [2.75, 3.05) is 0 Å². The third-order valence-corrected chi connectivity index (χ3v) is 6.24. The maximum atomic E-state index is 13.5. The van der Waals surface area contributed by atoms with Crippen LogP contribution in [-0.2, 0) is 13.0 Å². The molecule has 0 aliphatic carbocycles. The molecule has 0 fully saturated rings. The number of phenolic OH excluding ortho intramolecular Hbond substituents is 1. The zero-order chi connectivity index (χ0) is 22.2. The van der Waals surface area contributed by atoms with Crippen molar-refractivity contribution in [2.45, 2.75) is 25.9 Å². The Morgan fingerprint density at radius 1 is 1.00 bits per heavy atom. The summed E-state index contributed by atoms with van der Waals surface area (Å²) in [6.45, 7) is 2.55. The summed E-state index contributed by atoms with van der Waals surface area (Å²) in [4.78, 5) is 15.3. The molecule has 5 rings (SSSR count). The Balaban J connectivity index is 1.64. The van der Waals surface area contributed by atoms with Gasteiger partial charge < -0.3 is 10.0 Å². The molecule has 0 spiro atoms. The number of nitrogens with one attached hydrogen (secondary N) is 1. The van der Waals surface area contributed by atoms with Gasteiger partial charge in [0, 0.05) is 22.7 Å². The van der Waals surface area contributed by atoms with Gasteiger partial charge in [-0.3, -0.25) is 9.89 Å². The van der Waals surface area contributed by atoms with Gasteiger partial charge in [-0.05, 0) is 47.4 Å². The van der Waals surface area contributed by atoms with Crippen LogP contribution in [0.15, 0.2) is 72.8 Å². The molecule has 3 aromatic carbocycles. The molecule has 2 N–H and O–H groups in total. The fourth-order valence-corrected chi connectivity index (χ4v) is 4.43. The van der Waals surface area contributed by atoms with Gasteiger partial charge in [0.05, 0.1) is 6.04 Å². The molecule has 6 heteroatoms. The van der Waals surface area contributed by atoms with Crippen LogP contribution in [0.25, 0.3) is 11.3 Å². The Labute approximate surface area is 191 Å². The first-order valence-electron chi connectivity index (χ1n) is 10.6. The average Bonchev–Trinajstić information content (AvgIpc) is 3.35. The summed E-state index contributed by atoms with van der Waals surface area (Å²) < 4.78 is 0. The van der Waals surface area contributed by atoms with Gasteiger partial charge in [-0.2, -0.15) is 5.10 Å². The quantitative estimate of drug-likeness (QED) is 0.413. The number of phenols is 1. The monoisotopic (exact) mass is 443 g/mol. The van der Waals surface area contributed by atoms with E-state index in [1.807, 2.05) is 41.3 Å². The van der Waals surface area contributed by atoms with E-state index >= 15 is 0 Å². The molecule has 1 aromatic heterocycles. The van der Waals surface area contributed by atoms with Crippen LogP contribution in [0.5, 0.6) is 5.75 Å². The topological polar surface area (TPSA) is 69.2 Å². The van der Waals surface area contributed by atoms with Crippen molar-refractivity contribution in [3.8, 4) is 17.0 Å². The van der Waals surface area contributed by atoms with E-state index < -0.39 is 0 Å². The predicted octanol–water partition coefficient (Wildman–Crippen LogP) is 5.74. The second-order valence-electron chi connectivity index (χ2n) is 7.94. The molecule has 1 aliphatic rings. The van der Waals surface area contributed by atoms with Gasteiger partial charge in [-0.15, -0.1) is 0 Å². The van der Waals surface area contributed by atoms with Crippen LogP contribution in [-0.4, -0.2) is 26.1 Å². The number of carbonyl (C=O) groups excluding carboxylic acids is 1. The first kappa shape index (κ1) is 20.3. The van der Waals surface area contributed by atoms with Crippen molar-refractivity contribution in [1.29, 1.82) is 0 Å². The fraction of sp³-hybridized carbons (Fsp3) is 0.154. The number of hydrogen-bond acceptors (Lipinski definition) is 3. The Morgan fingerprint density at radius 3 is 2.38 bits per heavy atom. The first-order valence-corrected chi connectivity index (χ1v) is 11.0. The first-order chi connectivity index (χ1) is 15.6. The summed E-state index contributed by atoms with van der Waals surface area (Å²) in [6, 6.07) is 22.6. The number of aromatic nitrogens is 2. The fourth-order valence-electron chi connectivity index (χ4n) is 4.31. The molecule has 0 saturated carbocycles. The lowest BCUT2D eigenvalue weighted by Gasteiger charge is -2.27. The molecule has 0 radical (unpaired) electrons. The highest BCUT2D eigenvalue weighted by Crippen LogP contribution is 2.45. The van der Waals surface area contributed by atoms with Crippen LogP contribution in [0.3, 0.4) is 0 Å². The van der Waals surface area contributed by atoms with E-state index in [4.69, 9.17) is 11.6 Å². The highest BCUT2D eigenvalue weighted by Gasteiger charge is 2.42. The van der Waals surface area contributed by atoms with Gasteiger partial charge in [0.1, 0.15) is 17.1 Å². The highest BCUT2D eigenvalue weighted by atomic mass is 35.5. The van der Waals surface area contributed by atoms with Gasteiger partial charge >= 0.3 is 0 Å². The standard InChI is InChI=1S/C26H22ClN3O2/c1-2-16-7-11-18(12-8-16)25-22-23(20-5-3-4-6-21(20)31)28-29-24(22)26(32)30(25)15-17-9-13-19(27)14-10-17/h3-14,25,31H,2,15H2,1H3,(H,28,29). The number of benzene rings is 3. The maximum Gasteiger partial charge on any atom is 0.273 e. The number of aryl methyl sites for hydroxylation is 1. The smallest absolute Gasteiger partial charge is 0.273 e. The summed E-state index contributed by atoms with van der Waals surface area (Å²) in [5, 5.41) is 18.5. The Hall–Kier alpha value is -3.57. The third-order valence-electron chi connectivity index (χ3n) is 5.99. The van der Waals surface area contributed by atoms with Gasteiger partial charge in [-0.25, -0.2) is 0 Å². The molecular weight excluding hydrogens is 422 g/mol. The highest BCUT2D eigenvalue weighted by molar-refractivity contribution is 6.30. The lowest BCUT2D eigenvalue weighted by Crippen LogP contribution is -2.29. The lowest BCUT2D eigenvalue weighted by atomic mass is 9.94. The number of hydrogen-bond donors (Lipinski definition) is 2. The minimum absolute atomic E-state index is 0.117. The minimum Gasteiger partial charge on any atom is -0.507 e. The number of rotatable bonds is 5. The molecule has 1 unspecified atom stereocenters. The Kier molecular flexibility index (Phi) is 5.19. The average molecular weight is 444 g/mol. The van der Waals surface area contributed by atoms with Crippen LogP contribution in [0.1, 0.15) is 45.7 Å². The van der Waals surface area contributed by atoms with Gasteiger partial charge in [0.25, 0.3) is 5.91 Å². The minimum atomic E-state index is -0.326. The van der Waals surface area contributed by atoms with E-state index in [-0.39, 0.29) is 17.7 Å². The number of fused-ring (bicyclic) bond motifs is 1. The molecule has 4 aromatic rings. The van der Waals surface area contributed by atoms with Crippen LogP contribution < -0.4 is 0 Å². The summed E-state index contributed by atoms with van der Waals surface area (Å²) >= 11 is 6.05. The Morgan fingerprint density at radius 2 is 1.69 bits per heavy atom. The number of aromatic hydroxyl groups is 1. The Bertz CT molecular complexity index is 1280.